The Kier molecular flexibility index (Phi) is 0.898. The Balaban J connectivity index is 3.28. The average Bonchev–Trinajstić information content (AvgIpc) is 1.69. The minimum absolute atomic E-state index is 0.0532. The largest absolute Gasteiger partial charge is 0.433 e. The van der Waals surface area contributed by atoms with Gasteiger partial charge in [0.15, 0.2) is 0 Å². The van der Waals surface area contributed by atoms with Crippen LogP contribution in [0.5, 0.6) is 0 Å². The molecule has 0 saturated heterocycles. The second-order valence-electron chi connectivity index (χ2n) is 1.03. The van der Waals surface area contributed by atoms with Crippen molar-refractivity contribution >= 4 is 0 Å². The molecule has 1 rings (SSSR count). The molecule has 0 aliphatic carbocycles. The molecule has 0 aromatic carbocycles. The molecule has 0 aliphatic rings. The molecule has 0 aliphatic heterocycles. The van der Waals surface area contributed by atoms with Gasteiger partial charge in [0.1, 0.15) is 0 Å². The van der Waals surface area contributed by atoms with E-state index in [1.165, 1.54) is 12.5 Å². The lowest BCUT2D eigenvalue weighted by Crippen LogP contribution is -1.99. The second-order valence-corrected chi connectivity index (χ2v) is 1.03. The lowest BCUT2D eigenvalue weighted by molar-refractivity contribution is 0.457. The van der Waals surface area contributed by atoms with Gasteiger partial charge in [0.05, 0.1) is 6.26 Å². The molecule has 1 N–H and O–H groups in total. The van der Waals surface area contributed by atoms with Gasteiger partial charge >= 0.3 is 5.68 Å². The van der Waals surface area contributed by atoms with E-state index in [0.717, 1.165) is 0 Å². The predicted molar refractivity (Wildman–Crippen MR) is 22.4 cm³/mol. The number of rotatable bonds is 0. The van der Waals surface area contributed by atoms with Gasteiger partial charge in [-0.2, -0.15) is 0 Å². The van der Waals surface area contributed by atoms with Gasteiger partial charge in [0, 0.05) is 6.20 Å². The van der Waals surface area contributed by atoms with Gasteiger partial charge < -0.3 is 4.42 Å². The molecule has 0 amide bonds. The van der Waals surface area contributed by atoms with Crippen LogP contribution < -0.4 is 5.68 Å². The van der Waals surface area contributed by atoms with Gasteiger partial charge in [-0.1, -0.05) is 0 Å². The molecule has 0 unspecified atom stereocenters. The lowest BCUT2D eigenvalue weighted by atomic mass is 10.7. The van der Waals surface area contributed by atoms with Crippen LogP contribution in [-0.4, -0.2) is 4.98 Å². The van der Waals surface area contributed by atoms with Crippen LogP contribution in [0.4, 0.5) is 0 Å². The summed E-state index contributed by atoms with van der Waals surface area (Å²) in [5.74, 6) is 0. The summed E-state index contributed by atoms with van der Waals surface area (Å²) in [6.45, 7) is 0. The molecule has 36 valence electrons. The molecule has 1 aromatic heterocycles. The molecule has 0 atom stereocenters. The zero-order valence-electron chi connectivity index (χ0n) is 3.59. The van der Waals surface area contributed by atoms with Crippen LogP contribution in [0.15, 0.2) is 22.9 Å². The third kappa shape index (κ3) is 0.855. The van der Waals surface area contributed by atoms with Gasteiger partial charge in [0.25, 0.3) is 0 Å². The average molecular weight is 96.1 g/mol. The third-order valence-electron chi connectivity index (χ3n) is 0.536. The molecule has 0 saturated carbocycles. The molecule has 0 radical (unpaired) electrons. The summed E-state index contributed by atoms with van der Waals surface area (Å²) in [5.41, 5.74) is -0.0532. The van der Waals surface area contributed by atoms with Gasteiger partial charge in [-0.15, -0.1) is 0 Å². The van der Waals surface area contributed by atoms with Crippen molar-refractivity contribution in [2.45, 2.75) is 0 Å². The summed E-state index contributed by atoms with van der Waals surface area (Å²) < 4.78 is 4.48. The van der Waals surface area contributed by atoms with E-state index in [-0.39, 0.29) is 5.68 Å². The summed E-state index contributed by atoms with van der Waals surface area (Å²) in [7, 11) is 0. The molecule has 3 nitrogen and oxygen atoms in total. The third-order valence-corrected chi connectivity index (χ3v) is 0.536. The van der Waals surface area contributed by atoms with E-state index in [2.05, 4.69) is 9.40 Å². The molecule has 0 bridgehead atoms. The highest BCUT2D eigenvalue weighted by Gasteiger charge is 1.69. The highest BCUT2D eigenvalue weighted by atomic mass is 16.3. The maximum atomic E-state index is 6.72. The highest BCUT2D eigenvalue weighted by Crippen LogP contribution is 1.66. The van der Waals surface area contributed by atoms with Gasteiger partial charge in [-0.05, 0) is 6.07 Å². The number of hydrogen-bond acceptors (Lipinski definition) is 3. The van der Waals surface area contributed by atoms with Crippen molar-refractivity contribution < 1.29 is 4.42 Å². The topological polar surface area (TPSA) is 49.9 Å². The van der Waals surface area contributed by atoms with Crippen molar-refractivity contribution in [1.82, 2.24) is 4.98 Å². The van der Waals surface area contributed by atoms with E-state index in [0.29, 0.717) is 0 Å². The monoisotopic (exact) mass is 96.0 g/mol. The number of nitrogens with zero attached hydrogens (tertiary/aromatic N) is 1. The zero-order chi connectivity index (χ0) is 5.11. The van der Waals surface area contributed by atoms with Crippen LogP contribution >= 0.6 is 0 Å². The van der Waals surface area contributed by atoms with E-state index in [9.17, 15) is 0 Å². The first-order valence-electron chi connectivity index (χ1n) is 1.84. The first-order valence-corrected chi connectivity index (χ1v) is 1.84. The summed E-state index contributed by atoms with van der Waals surface area (Å²) in [5, 5.41) is 6.72. The number of nitrogens with one attached hydrogen (secondary N) is 1. The minimum Gasteiger partial charge on any atom is -0.433 e. The van der Waals surface area contributed by atoms with Crippen LogP contribution in [0.1, 0.15) is 0 Å². The fourth-order valence-corrected chi connectivity index (χ4v) is 0.280. The molecule has 3 heteroatoms. The number of aromatic nitrogens is 1. The van der Waals surface area contributed by atoms with E-state index < -0.39 is 0 Å². The van der Waals surface area contributed by atoms with Crippen LogP contribution in [0.3, 0.4) is 0 Å². The van der Waals surface area contributed by atoms with Crippen LogP contribution in [-0.2, 0) is 0 Å². The summed E-state index contributed by atoms with van der Waals surface area (Å²) in [6.07, 6.45) is 2.92. The summed E-state index contributed by atoms with van der Waals surface area (Å²) in [6, 6.07) is 1.62. The first-order chi connectivity index (χ1) is 3.39. The van der Waals surface area contributed by atoms with Crippen molar-refractivity contribution in [3.8, 4) is 0 Å². The van der Waals surface area contributed by atoms with Gasteiger partial charge in [-0.3, -0.25) is 0 Å². The Bertz CT molecular complexity index is 175. The molecule has 7 heavy (non-hydrogen) atoms. The molecular formula is C4H4N2O. The predicted octanol–water partition coefficient (Wildman–Crippen LogP) is 0.154. The van der Waals surface area contributed by atoms with Crippen molar-refractivity contribution in [2.75, 3.05) is 0 Å². The molecule has 1 aromatic rings. The standard InChI is InChI=1S/C4H4N2O/c5-4-6-2-1-3-7-4/h1-3,5H. The van der Waals surface area contributed by atoms with E-state index in [1.54, 1.807) is 6.07 Å². The maximum absolute atomic E-state index is 6.72. The Labute approximate surface area is 40.1 Å². The summed E-state index contributed by atoms with van der Waals surface area (Å²) >= 11 is 0. The lowest BCUT2D eigenvalue weighted by Gasteiger charge is -1.74. The second kappa shape index (κ2) is 1.55. The number of hydrogen-bond donors (Lipinski definition) is 1. The van der Waals surface area contributed by atoms with Crippen LogP contribution in [0.2, 0.25) is 0 Å². The molecular weight excluding hydrogens is 92.1 g/mol. The smallest absolute Gasteiger partial charge is 0.313 e. The van der Waals surface area contributed by atoms with Gasteiger partial charge in [0.2, 0.25) is 0 Å². The Hall–Kier alpha value is -1.12. The SMILES string of the molecule is N=c1nccco1. The van der Waals surface area contributed by atoms with E-state index >= 15 is 0 Å². The first kappa shape index (κ1) is 4.05. The quantitative estimate of drug-likeness (QED) is 0.500. The van der Waals surface area contributed by atoms with E-state index in [1.807, 2.05) is 0 Å². The van der Waals surface area contributed by atoms with Crippen LogP contribution in [0, 0.1) is 5.41 Å². The fraction of sp³-hybridized carbons (Fsp3) is 0. The van der Waals surface area contributed by atoms with Crippen molar-refractivity contribution in [3.63, 3.8) is 0 Å². The Morgan fingerprint density at radius 3 is 2.86 bits per heavy atom. The summed E-state index contributed by atoms with van der Waals surface area (Å²) in [4.78, 5) is 3.48. The molecule has 1 heterocycles. The minimum atomic E-state index is -0.0532. The molecule has 0 fully saturated rings. The molecule has 0 spiro atoms. The fourth-order valence-electron chi connectivity index (χ4n) is 0.280. The van der Waals surface area contributed by atoms with Crippen molar-refractivity contribution in [2.24, 2.45) is 0 Å². The Morgan fingerprint density at radius 1 is 1.71 bits per heavy atom. The van der Waals surface area contributed by atoms with Crippen molar-refractivity contribution in [3.05, 3.63) is 24.2 Å². The Morgan fingerprint density at radius 2 is 2.57 bits per heavy atom. The highest BCUT2D eigenvalue weighted by molar-refractivity contribution is 4.69. The van der Waals surface area contributed by atoms with E-state index in [4.69, 9.17) is 5.41 Å². The maximum Gasteiger partial charge on any atom is 0.313 e. The van der Waals surface area contributed by atoms with Gasteiger partial charge in [-0.25, -0.2) is 10.4 Å². The normalized spacial score (nSPS) is 8.57. The zero-order valence-corrected chi connectivity index (χ0v) is 3.59. The van der Waals surface area contributed by atoms with Crippen molar-refractivity contribution in [1.29, 1.82) is 5.41 Å². The van der Waals surface area contributed by atoms with Crippen LogP contribution in [0.25, 0.3) is 0 Å².